The van der Waals surface area contributed by atoms with E-state index in [9.17, 15) is 5.11 Å². The van der Waals surface area contributed by atoms with Crippen molar-refractivity contribution in [1.29, 1.82) is 0 Å². The molecule has 2 unspecified atom stereocenters. The van der Waals surface area contributed by atoms with Crippen molar-refractivity contribution in [2.75, 3.05) is 7.11 Å². The molecule has 84 valence electrons. The molecule has 2 heteroatoms. The van der Waals surface area contributed by atoms with Crippen molar-refractivity contribution in [3.05, 3.63) is 29.8 Å². The van der Waals surface area contributed by atoms with Gasteiger partial charge in [-0.25, -0.2) is 0 Å². The Morgan fingerprint density at radius 3 is 2.60 bits per heavy atom. The van der Waals surface area contributed by atoms with Gasteiger partial charge in [-0.05, 0) is 18.1 Å². The van der Waals surface area contributed by atoms with E-state index in [1.54, 1.807) is 7.11 Å². The predicted molar refractivity (Wildman–Crippen MR) is 62.3 cm³/mol. The molecule has 1 aromatic carbocycles. The molecule has 0 aliphatic heterocycles. The third-order valence-electron chi connectivity index (χ3n) is 2.79. The number of para-hydroxylation sites is 1. The molecule has 0 saturated carbocycles. The smallest absolute Gasteiger partial charge is 0.122 e. The highest BCUT2D eigenvalue weighted by Crippen LogP contribution is 2.29. The lowest BCUT2D eigenvalue weighted by Gasteiger charge is -2.20. The summed E-state index contributed by atoms with van der Waals surface area (Å²) in [5.41, 5.74) is 1.08. The summed E-state index contributed by atoms with van der Waals surface area (Å²) >= 11 is 0. The molecule has 0 aliphatic carbocycles. The minimum Gasteiger partial charge on any atom is -0.496 e. The zero-order valence-corrected chi connectivity index (χ0v) is 9.73. The Kier molecular flexibility index (Phi) is 4.63. The Hall–Kier alpha value is -1.02. The van der Waals surface area contributed by atoms with Gasteiger partial charge >= 0.3 is 0 Å². The standard InChI is InChI=1S/C13H20O2/c1-4-7-12(14)10(2)11-8-5-6-9-13(11)15-3/h5-6,8-10,12,14H,4,7H2,1-3H3. The van der Waals surface area contributed by atoms with Crippen molar-refractivity contribution in [2.24, 2.45) is 0 Å². The summed E-state index contributed by atoms with van der Waals surface area (Å²) in [6, 6.07) is 7.88. The zero-order valence-electron chi connectivity index (χ0n) is 9.73. The van der Waals surface area contributed by atoms with Crippen molar-refractivity contribution < 1.29 is 9.84 Å². The first-order valence-corrected chi connectivity index (χ1v) is 5.51. The maximum Gasteiger partial charge on any atom is 0.122 e. The first-order chi connectivity index (χ1) is 7.20. The summed E-state index contributed by atoms with van der Waals surface area (Å²) in [7, 11) is 1.66. The molecule has 0 aliphatic rings. The van der Waals surface area contributed by atoms with Gasteiger partial charge in [0.25, 0.3) is 0 Å². The highest BCUT2D eigenvalue weighted by Gasteiger charge is 2.18. The second-order valence-corrected chi connectivity index (χ2v) is 3.89. The van der Waals surface area contributed by atoms with Crippen LogP contribution in [0.4, 0.5) is 0 Å². The van der Waals surface area contributed by atoms with Gasteiger partial charge in [0.15, 0.2) is 0 Å². The van der Waals surface area contributed by atoms with Crippen LogP contribution in [0.15, 0.2) is 24.3 Å². The van der Waals surface area contributed by atoms with E-state index >= 15 is 0 Å². The fourth-order valence-electron chi connectivity index (χ4n) is 1.80. The molecule has 2 nitrogen and oxygen atoms in total. The van der Waals surface area contributed by atoms with Crippen LogP contribution in [-0.4, -0.2) is 18.3 Å². The first kappa shape index (κ1) is 12.1. The third kappa shape index (κ3) is 2.96. The van der Waals surface area contributed by atoms with Crippen LogP contribution in [0.5, 0.6) is 5.75 Å². The SMILES string of the molecule is CCCC(O)C(C)c1ccccc1OC. The van der Waals surface area contributed by atoms with Crippen LogP contribution in [0, 0.1) is 0 Å². The molecule has 0 heterocycles. The van der Waals surface area contributed by atoms with E-state index in [1.165, 1.54) is 0 Å². The summed E-state index contributed by atoms with van der Waals surface area (Å²) in [6.07, 6.45) is 1.55. The largest absolute Gasteiger partial charge is 0.496 e. The van der Waals surface area contributed by atoms with Crippen molar-refractivity contribution >= 4 is 0 Å². The van der Waals surface area contributed by atoms with Crippen LogP contribution < -0.4 is 4.74 Å². The lowest BCUT2D eigenvalue weighted by atomic mass is 9.92. The molecule has 0 bridgehead atoms. The number of methoxy groups -OCH3 is 1. The molecule has 0 fully saturated rings. The third-order valence-corrected chi connectivity index (χ3v) is 2.79. The van der Waals surface area contributed by atoms with Crippen LogP contribution in [0.1, 0.15) is 38.2 Å². The van der Waals surface area contributed by atoms with Gasteiger partial charge in [-0.1, -0.05) is 38.5 Å². The highest BCUT2D eigenvalue weighted by atomic mass is 16.5. The number of hydrogen-bond donors (Lipinski definition) is 1. The van der Waals surface area contributed by atoms with E-state index < -0.39 is 0 Å². The summed E-state index contributed by atoms with van der Waals surface area (Å²) in [4.78, 5) is 0. The van der Waals surface area contributed by atoms with Gasteiger partial charge < -0.3 is 9.84 Å². The van der Waals surface area contributed by atoms with Gasteiger partial charge in [-0.3, -0.25) is 0 Å². The maximum atomic E-state index is 9.94. The first-order valence-electron chi connectivity index (χ1n) is 5.51. The normalized spacial score (nSPS) is 14.7. The lowest BCUT2D eigenvalue weighted by Crippen LogP contribution is -2.16. The number of aliphatic hydroxyl groups is 1. The number of benzene rings is 1. The molecular weight excluding hydrogens is 188 g/mol. The summed E-state index contributed by atoms with van der Waals surface area (Å²) < 4.78 is 5.28. The predicted octanol–water partition coefficient (Wildman–Crippen LogP) is 2.96. The minimum absolute atomic E-state index is 0.126. The molecule has 0 saturated heterocycles. The Bertz CT molecular complexity index is 296. The topological polar surface area (TPSA) is 29.5 Å². The van der Waals surface area contributed by atoms with E-state index in [0.29, 0.717) is 0 Å². The zero-order chi connectivity index (χ0) is 11.3. The van der Waals surface area contributed by atoms with Gasteiger partial charge in [0, 0.05) is 5.92 Å². The molecule has 15 heavy (non-hydrogen) atoms. The average molecular weight is 208 g/mol. The highest BCUT2D eigenvalue weighted by molar-refractivity contribution is 5.36. The van der Waals surface area contributed by atoms with E-state index in [0.717, 1.165) is 24.2 Å². The summed E-state index contributed by atoms with van der Waals surface area (Å²) in [5, 5.41) is 9.94. The molecule has 1 aromatic rings. The Balaban J connectivity index is 2.84. The van der Waals surface area contributed by atoms with Crippen LogP contribution >= 0.6 is 0 Å². The van der Waals surface area contributed by atoms with Crippen molar-refractivity contribution in [1.82, 2.24) is 0 Å². The minimum atomic E-state index is -0.286. The second-order valence-electron chi connectivity index (χ2n) is 3.89. The Morgan fingerprint density at radius 1 is 1.33 bits per heavy atom. The molecular formula is C13H20O2. The second kappa shape index (κ2) is 5.76. The lowest BCUT2D eigenvalue weighted by molar-refractivity contribution is 0.137. The van der Waals surface area contributed by atoms with E-state index in [4.69, 9.17) is 4.74 Å². The van der Waals surface area contributed by atoms with Gasteiger partial charge in [0.2, 0.25) is 0 Å². The molecule has 0 radical (unpaired) electrons. The van der Waals surface area contributed by atoms with Crippen molar-refractivity contribution in [3.63, 3.8) is 0 Å². The molecule has 0 spiro atoms. The van der Waals surface area contributed by atoms with Crippen LogP contribution in [-0.2, 0) is 0 Å². The molecule has 1 N–H and O–H groups in total. The van der Waals surface area contributed by atoms with Crippen molar-refractivity contribution in [3.8, 4) is 5.75 Å². The van der Waals surface area contributed by atoms with Crippen LogP contribution in [0.2, 0.25) is 0 Å². The van der Waals surface area contributed by atoms with Gasteiger partial charge in [0.1, 0.15) is 5.75 Å². The van der Waals surface area contributed by atoms with E-state index in [1.807, 2.05) is 31.2 Å². The Morgan fingerprint density at radius 2 is 2.00 bits per heavy atom. The fourth-order valence-corrected chi connectivity index (χ4v) is 1.80. The summed E-state index contributed by atoms with van der Waals surface area (Å²) in [6.45, 7) is 4.12. The van der Waals surface area contributed by atoms with Crippen LogP contribution in [0.3, 0.4) is 0 Å². The molecule has 0 aromatic heterocycles. The quantitative estimate of drug-likeness (QED) is 0.806. The molecule has 2 atom stereocenters. The number of rotatable bonds is 5. The molecule has 1 rings (SSSR count). The fraction of sp³-hybridized carbons (Fsp3) is 0.538. The van der Waals surface area contributed by atoms with Crippen molar-refractivity contribution in [2.45, 2.75) is 38.7 Å². The van der Waals surface area contributed by atoms with Gasteiger partial charge in [0.05, 0.1) is 13.2 Å². The van der Waals surface area contributed by atoms with Gasteiger partial charge in [-0.15, -0.1) is 0 Å². The molecule has 0 amide bonds. The number of ether oxygens (including phenoxy) is 1. The van der Waals surface area contributed by atoms with Gasteiger partial charge in [-0.2, -0.15) is 0 Å². The summed E-state index contributed by atoms with van der Waals surface area (Å²) in [5.74, 6) is 0.987. The number of hydrogen-bond acceptors (Lipinski definition) is 2. The monoisotopic (exact) mass is 208 g/mol. The number of aliphatic hydroxyl groups excluding tert-OH is 1. The maximum absolute atomic E-state index is 9.94. The Labute approximate surface area is 91.9 Å². The van der Waals surface area contributed by atoms with E-state index in [2.05, 4.69) is 6.92 Å². The van der Waals surface area contributed by atoms with E-state index in [-0.39, 0.29) is 12.0 Å². The van der Waals surface area contributed by atoms with Crippen LogP contribution in [0.25, 0.3) is 0 Å². The average Bonchev–Trinajstić information content (AvgIpc) is 2.28.